The van der Waals surface area contributed by atoms with Crippen molar-refractivity contribution in [2.24, 2.45) is 0 Å². The molecule has 0 unspecified atom stereocenters. The first kappa shape index (κ1) is 43.1. The molecule has 1 aromatic rings. The van der Waals surface area contributed by atoms with Crippen LogP contribution >= 0.6 is 0 Å². The number of benzene rings is 1. The topological polar surface area (TPSA) is 0 Å². The van der Waals surface area contributed by atoms with Crippen molar-refractivity contribution < 1.29 is 132 Å². The summed E-state index contributed by atoms with van der Waals surface area (Å²) in [5.74, 6) is -54.1. The van der Waals surface area contributed by atoms with Gasteiger partial charge in [0.1, 0.15) is 0 Å². The number of halogens is 30. The Morgan fingerprint density at radius 2 is 0.208 bits per heavy atom. The Bertz CT molecular complexity index is 1070. The van der Waals surface area contributed by atoms with Crippen LogP contribution in [0.3, 0.4) is 0 Å². The van der Waals surface area contributed by atoms with Crippen molar-refractivity contribution in [1.29, 1.82) is 0 Å². The number of hydrogen-bond acceptors (Lipinski definition) is 0. The molecule has 1 aromatic carbocycles. The highest BCUT2D eigenvalue weighted by Gasteiger charge is 2.79. The summed E-state index contributed by atoms with van der Waals surface area (Å²) in [5, 5.41) is 0. The fourth-order valence-corrected chi connectivity index (χ4v) is 3.48. The molecule has 0 saturated carbocycles. The maximum Gasteiger partial charge on any atom is 0.458 e. The van der Waals surface area contributed by atoms with Crippen LogP contribution < -0.4 is 0 Å². The summed E-state index contributed by atoms with van der Waals surface area (Å²) >= 11 is 0. The molecule has 30 heteroatoms. The van der Waals surface area contributed by atoms with E-state index < -0.39 is 106 Å². The van der Waals surface area contributed by atoms with Gasteiger partial charge < -0.3 is 0 Å². The summed E-state index contributed by atoms with van der Waals surface area (Å²) < 4.78 is 410. The maximum atomic E-state index is 14.4. The van der Waals surface area contributed by atoms with Crippen molar-refractivity contribution in [2.45, 2.75) is 72.6 Å². The first-order chi connectivity index (χ1) is 20.2. The lowest BCUT2D eigenvalue weighted by molar-refractivity contribution is -0.321. The van der Waals surface area contributed by atoms with Crippen LogP contribution in [0.15, 0.2) is 0 Å². The Morgan fingerprint density at radius 3 is 0.250 bits per heavy atom. The molecule has 0 atom stereocenters. The summed E-state index contributed by atoms with van der Waals surface area (Å²) in [4.78, 5) is 0. The van der Waals surface area contributed by atoms with E-state index in [0.717, 1.165) is 0 Å². The van der Waals surface area contributed by atoms with Gasteiger partial charge in [0.25, 0.3) is 0 Å². The molecule has 0 N–H and O–H groups in total. The molecule has 0 spiro atoms. The third-order valence-electron chi connectivity index (χ3n) is 5.52. The van der Waals surface area contributed by atoms with Gasteiger partial charge in [-0.3, -0.25) is 0 Å². The summed E-state index contributed by atoms with van der Waals surface area (Å²) in [6, 6.07) is 0. The average Bonchev–Trinajstić information content (AvgIpc) is 2.77. The first-order valence-corrected chi connectivity index (χ1v) is 10.2. The van der Waals surface area contributed by atoms with Crippen molar-refractivity contribution in [3.63, 3.8) is 0 Å². The minimum atomic E-state index is -9.01. The van der Waals surface area contributed by atoms with Crippen molar-refractivity contribution >= 4 is 0 Å². The minimum Gasteiger partial charge on any atom is -0.191 e. The molecule has 0 fully saturated rings. The number of alkyl halides is 30. The quantitative estimate of drug-likeness (QED) is 0.252. The highest BCUT2D eigenvalue weighted by Crippen LogP contribution is 2.67. The van der Waals surface area contributed by atoms with Crippen LogP contribution in [0.2, 0.25) is 0 Å². The molecular formula is C18F30. The third kappa shape index (κ3) is 6.20. The molecule has 0 aliphatic carbocycles. The number of hydrogen-bond donors (Lipinski definition) is 0. The second kappa shape index (κ2) is 10.8. The monoisotopic (exact) mass is 786 g/mol. The van der Waals surface area contributed by atoms with Crippen LogP contribution in [0.5, 0.6) is 0 Å². The van der Waals surface area contributed by atoms with Crippen molar-refractivity contribution in [2.75, 3.05) is 0 Å². The van der Waals surface area contributed by atoms with Gasteiger partial charge in [-0.2, -0.15) is 132 Å². The molecule has 0 saturated heterocycles. The zero-order valence-corrected chi connectivity index (χ0v) is 20.3. The van der Waals surface area contributed by atoms with Crippen LogP contribution in [0, 0.1) is 0 Å². The molecular weight excluding hydrogens is 786 g/mol. The van der Waals surface area contributed by atoms with E-state index in [1.807, 2.05) is 0 Å². The fourth-order valence-electron chi connectivity index (χ4n) is 3.48. The van der Waals surface area contributed by atoms with Gasteiger partial charge in [-0.1, -0.05) is 0 Å². The van der Waals surface area contributed by atoms with Gasteiger partial charge in [-0.05, 0) is 0 Å². The van der Waals surface area contributed by atoms with Gasteiger partial charge >= 0.3 is 72.6 Å². The molecule has 0 radical (unpaired) electrons. The molecule has 0 nitrogen and oxygen atoms in total. The van der Waals surface area contributed by atoms with Gasteiger partial charge in [0, 0.05) is 0 Å². The second-order valence-corrected chi connectivity index (χ2v) is 8.68. The van der Waals surface area contributed by atoms with Crippen molar-refractivity contribution in [1.82, 2.24) is 0 Å². The summed E-state index contributed by atoms with van der Waals surface area (Å²) in [6.45, 7) is 0. The summed E-state index contributed by atoms with van der Waals surface area (Å²) in [7, 11) is 0. The maximum absolute atomic E-state index is 14.4. The van der Waals surface area contributed by atoms with E-state index in [0.29, 0.717) is 0 Å². The van der Waals surface area contributed by atoms with Gasteiger partial charge in [0.2, 0.25) is 0 Å². The molecule has 1 rings (SSSR count). The predicted molar refractivity (Wildman–Crippen MR) is 86.1 cm³/mol. The summed E-state index contributed by atoms with van der Waals surface area (Å²) in [6.07, 6.45) is -52.1. The van der Waals surface area contributed by atoms with E-state index in [1.54, 1.807) is 0 Å². The van der Waals surface area contributed by atoms with E-state index in [1.165, 1.54) is 0 Å². The van der Waals surface area contributed by atoms with Crippen molar-refractivity contribution in [3.8, 4) is 0 Å². The molecule has 0 amide bonds. The van der Waals surface area contributed by atoms with Crippen LogP contribution in [-0.4, -0.2) is 37.1 Å². The Kier molecular flexibility index (Phi) is 9.71. The zero-order chi connectivity index (χ0) is 39.5. The lowest BCUT2D eigenvalue weighted by atomic mass is 9.73. The Hall–Kier alpha value is -2.88. The highest BCUT2D eigenvalue weighted by atomic mass is 19.5. The van der Waals surface area contributed by atoms with E-state index in [-0.39, 0.29) is 0 Å². The average molecular weight is 786 g/mol. The SMILES string of the molecule is FC(F)(F)C(F)(F)c1c(C(F)(F)C(F)(F)F)c(C(F)(F)C(F)(F)F)c(C(F)(F)C(F)(F)F)c(C(F)(F)C(F)(F)F)c1C(F)(F)C(F)(F)F. The molecule has 282 valence electrons. The standard InChI is InChI=1S/C18F30/c19-7(20,13(31,32)33)1-2(8(21,22)14(34,35)36)4(10(25,26)16(40,41)42)6(12(29,30)18(46,47)48)5(11(27,28)17(43,44)45)3(1)9(23,24)15(37,38)39. The Morgan fingerprint density at radius 1 is 0.146 bits per heavy atom. The van der Waals surface area contributed by atoms with E-state index in [2.05, 4.69) is 0 Å². The Labute approximate surface area is 239 Å². The summed E-state index contributed by atoms with van der Waals surface area (Å²) in [5.41, 5.74) is -38.6. The van der Waals surface area contributed by atoms with Gasteiger partial charge in [-0.15, -0.1) is 0 Å². The molecule has 0 aliphatic rings. The van der Waals surface area contributed by atoms with Crippen LogP contribution in [0.4, 0.5) is 132 Å². The largest absolute Gasteiger partial charge is 0.458 e. The van der Waals surface area contributed by atoms with Gasteiger partial charge in [0.15, 0.2) is 0 Å². The Balaban J connectivity index is 5.87. The van der Waals surface area contributed by atoms with Gasteiger partial charge in [-0.25, -0.2) is 0 Å². The third-order valence-corrected chi connectivity index (χ3v) is 5.52. The second-order valence-electron chi connectivity index (χ2n) is 8.68. The molecule has 0 heterocycles. The lowest BCUT2D eigenvalue weighted by Crippen LogP contribution is -2.52. The van der Waals surface area contributed by atoms with Crippen LogP contribution in [0.25, 0.3) is 0 Å². The molecule has 0 aromatic heterocycles. The van der Waals surface area contributed by atoms with E-state index in [4.69, 9.17) is 0 Å². The predicted octanol–water partition coefficient (Wildman–Crippen LogP) is 11.6. The highest BCUT2D eigenvalue weighted by molar-refractivity contribution is 5.63. The first-order valence-electron chi connectivity index (χ1n) is 10.2. The normalized spacial score (nSPS) is 16.1. The molecule has 0 bridgehead atoms. The zero-order valence-electron chi connectivity index (χ0n) is 20.3. The van der Waals surface area contributed by atoms with Crippen LogP contribution in [0.1, 0.15) is 33.4 Å². The minimum absolute atomic E-state index is 6.43. The van der Waals surface area contributed by atoms with E-state index in [9.17, 15) is 132 Å². The molecule has 0 aliphatic heterocycles. The molecule has 48 heavy (non-hydrogen) atoms. The van der Waals surface area contributed by atoms with Crippen LogP contribution in [-0.2, 0) is 35.5 Å². The lowest BCUT2D eigenvalue weighted by Gasteiger charge is -2.40. The number of rotatable bonds is 6. The smallest absolute Gasteiger partial charge is 0.191 e. The van der Waals surface area contributed by atoms with Crippen molar-refractivity contribution in [3.05, 3.63) is 33.4 Å². The van der Waals surface area contributed by atoms with E-state index >= 15 is 0 Å². The fraction of sp³-hybridized carbons (Fsp3) is 0.667. The van der Waals surface area contributed by atoms with Gasteiger partial charge in [0.05, 0.1) is 33.4 Å².